The van der Waals surface area contributed by atoms with Gasteiger partial charge in [0.1, 0.15) is 11.4 Å². The molecular formula is C17H11ClF3N3O4S. The summed E-state index contributed by atoms with van der Waals surface area (Å²) in [7, 11) is -4.61. The topological polar surface area (TPSA) is 125 Å². The number of anilines is 1. The van der Waals surface area contributed by atoms with Crippen molar-refractivity contribution in [3.8, 4) is 5.75 Å². The lowest BCUT2D eigenvalue weighted by atomic mass is 10.1. The van der Waals surface area contributed by atoms with E-state index < -0.39 is 38.2 Å². The number of phenolic OH excluding ortho intramolecular Hbond substituents is 1. The Hall–Kier alpha value is -2.89. The van der Waals surface area contributed by atoms with Crippen LogP contribution in [-0.4, -0.2) is 18.1 Å². The first-order chi connectivity index (χ1) is 13.4. The van der Waals surface area contributed by atoms with Crippen LogP contribution in [0.4, 0.5) is 30.2 Å². The summed E-state index contributed by atoms with van der Waals surface area (Å²) in [4.78, 5) is -0.579. The fraction of sp³-hybridized carbons (Fsp3) is 0.0588. The second kappa shape index (κ2) is 7.17. The van der Waals surface area contributed by atoms with Gasteiger partial charge in [-0.1, -0.05) is 17.7 Å². The normalized spacial score (nSPS) is 12.7. The third kappa shape index (κ3) is 4.26. The number of rotatable bonds is 3. The quantitative estimate of drug-likeness (QED) is 0.280. The first kappa shape index (κ1) is 20.8. The monoisotopic (exact) mass is 445 g/mol. The molecule has 0 spiro atoms. The number of hydrogen-bond acceptors (Lipinski definition) is 6. The molecule has 29 heavy (non-hydrogen) atoms. The molecule has 3 aromatic rings. The predicted molar refractivity (Wildman–Crippen MR) is 100 cm³/mol. The maximum atomic E-state index is 13.2. The van der Waals surface area contributed by atoms with E-state index in [0.29, 0.717) is 0 Å². The second-order valence-corrected chi connectivity index (χ2v) is 7.74. The van der Waals surface area contributed by atoms with Gasteiger partial charge in [0.25, 0.3) is 10.1 Å². The van der Waals surface area contributed by atoms with Gasteiger partial charge in [-0.2, -0.15) is 21.6 Å². The highest BCUT2D eigenvalue weighted by Crippen LogP contribution is 2.42. The molecule has 0 bridgehead atoms. The summed E-state index contributed by atoms with van der Waals surface area (Å²) in [5.41, 5.74) is 3.94. The molecule has 4 N–H and O–H groups in total. The van der Waals surface area contributed by atoms with Crippen LogP contribution in [0, 0.1) is 0 Å². The minimum Gasteiger partial charge on any atom is -0.507 e. The standard InChI is InChI=1S/C17H11ClF3N3O4S/c18-9-2-3-11(17(19,20)21)13(6-9)23-24-16-12(22)4-1-8-5-10(29(26,27)28)7-14(25)15(8)16/h1-7,25H,22H2,(H,26,27,28). The van der Waals surface area contributed by atoms with Gasteiger partial charge in [-0.15, -0.1) is 10.2 Å². The Labute approximate surface area is 167 Å². The van der Waals surface area contributed by atoms with Crippen molar-refractivity contribution >= 4 is 49.6 Å². The SMILES string of the molecule is Nc1ccc2cc(S(=O)(=O)O)cc(O)c2c1N=Nc1cc(Cl)ccc1C(F)(F)F. The number of phenols is 1. The van der Waals surface area contributed by atoms with Crippen LogP contribution in [-0.2, 0) is 16.3 Å². The van der Waals surface area contributed by atoms with E-state index in [1.54, 1.807) is 0 Å². The Morgan fingerprint density at radius 1 is 1.03 bits per heavy atom. The molecule has 0 saturated heterocycles. The summed E-state index contributed by atoms with van der Waals surface area (Å²) in [5.74, 6) is -0.612. The summed E-state index contributed by atoms with van der Waals surface area (Å²) < 4.78 is 71.3. The molecule has 0 aliphatic heterocycles. The molecule has 0 aliphatic carbocycles. The van der Waals surface area contributed by atoms with Gasteiger partial charge in [0, 0.05) is 11.1 Å². The van der Waals surface area contributed by atoms with Crippen LogP contribution in [0.15, 0.2) is 57.6 Å². The summed E-state index contributed by atoms with van der Waals surface area (Å²) >= 11 is 5.75. The van der Waals surface area contributed by atoms with Crippen molar-refractivity contribution in [2.24, 2.45) is 10.2 Å². The first-order valence-electron chi connectivity index (χ1n) is 7.69. The van der Waals surface area contributed by atoms with Gasteiger partial charge in [0.15, 0.2) is 0 Å². The number of nitrogens with two attached hydrogens (primary N) is 1. The van der Waals surface area contributed by atoms with Gasteiger partial charge in [0.2, 0.25) is 0 Å². The van der Waals surface area contributed by atoms with E-state index in [4.69, 9.17) is 21.9 Å². The molecule has 0 radical (unpaired) electrons. The van der Waals surface area contributed by atoms with Gasteiger partial charge >= 0.3 is 6.18 Å². The molecule has 0 amide bonds. The molecular weight excluding hydrogens is 435 g/mol. The first-order valence-corrected chi connectivity index (χ1v) is 9.51. The van der Waals surface area contributed by atoms with E-state index in [2.05, 4.69) is 10.2 Å². The minimum atomic E-state index is -4.71. The fourth-order valence-corrected chi connectivity index (χ4v) is 3.30. The lowest BCUT2D eigenvalue weighted by Crippen LogP contribution is -2.04. The van der Waals surface area contributed by atoms with Crippen LogP contribution in [0.5, 0.6) is 5.75 Å². The molecule has 0 heterocycles. The van der Waals surface area contributed by atoms with E-state index in [0.717, 1.165) is 30.3 Å². The zero-order valence-corrected chi connectivity index (χ0v) is 15.7. The van der Waals surface area contributed by atoms with E-state index in [1.807, 2.05) is 0 Å². The van der Waals surface area contributed by atoms with Crippen LogP contribution < -0.4 is 5.73 Å². The van der Waals surface area contributed by atoms with Crippen molar-refractivity contribution in [2.75, 3.05) is 5.73 Å². The molecule has 0 aromatic heterocycles. The van der Waals surface area contributed by atoms with E-state index in [1.165, 1.54) is 12.1 Å². The highest BCUT2D eigenvalue weighted by atomic mass is 35.5. The number of nitrogens with zero attached hydrogens (tertiary/aromatic N) is 2. The third-order valence-electron chi connectivity index (χ3n) is 3.90. The van der Waals surface area contributed by atoms with Crippen LogP contribution in [0.25, 0.3) is 10.8 Å². The van der Waals surface area contributed by atoms with Gasteiger partial charge in [0.05, 0.1) is 27.2 Å². The van der Waals surface area contributed by atoms with Crippen molar-refractivity contribution in [1.29, 1.82) is 0 Å². The Balaban J connectivity index is 2.22. The fourth-order valence-electron chi connectivity index (χ4n) is 2.60. The number of halogens is 4. The maximum absolute atomic E-state index is 13.2. The molecule has 0 atom stereocenters. The summed E-state index contributed by atoms with van der Waals surface area (Å²) in [6.07, 6.45) is -4.71. The van der Waals surface area contributed by atoms with Crippen molar-refractivity contribution in [2.45, 2.75) is 11.1 Å². The van der Waals surface area contributed by atoms with Gasteiger partial charge in [-0.25, -0.2) is 0 Å². The largest absolute Gasteiger partial charge is 0.507 e. The van der Waals surface area contributed by atoms with Crippen molar-refractivity contribution in [3.05, 3.63) is 53.1 Å². The number of aromatic hydroxyl groups is 1. The molecule has 3 rings (SSSR count). The number of hydrogen-bond donors (Lipinski definition) is 3. The average Bonchev–Trinajstić information content (AvgIpc) is 2.59. The van der Waals surface area contributed by atoms with E-state index >= 15 is 0 Å². The zero-order chi connectivity index (χ0) is 21.6. The summed E-state index contributed by atoms with van der Waals surface area (Å²) in [5, 5.41) is 17.6. The van der Waals surface area contributed by atoms with Crippen molar-refractivity contribution < 1.29 is 31.2 Å². The molecule has 152 valence electrons. The molecule has 7 nitrogen and oxygen atoms in total. The number of fused-ring (bicyclic) bond motifs is 1. The van der Waals surface area contributed by atoms with E-state index in [9.17, 15) is 26.7 Å². The van der Waals surface area contributed by atoms with Crippen LogP contribution in [0.3, 0.4) is 0 Å². The second-order valence-electron chi connectivity index (χ2n) is 5.88. The summed E-state index contributed by atoms with van der Waals surface area (Å²) in [6.45, 7) is 0. The molecule has 0 fully saturated rings. The Morgan fingerprint density at radius 3 is 2.34 bits per heavy atom. The molecule has 0 aliphatic rings. The Morgan fingerprint density at radius 2 is 1.72 bits per heavy atom. The maximum Gasteiger partial charge on any atom is 0.418 e. The number of nitrogen functional groups attached to an aromatic ring is 1. The highest BCUT2D eigenvalue weighted by molar-refractivity contribution is 7.85. The molecule has 3 aromatic carbocycles. The van der Waals surface area contributed by atoms with E-state index in [-0.39, 0.29) is 27.2 Å². The van der Waals surface area contributed by atoms with Crippen LogP contribution >= 0.6 is 11.6 Å². The molecule has 0 saturated carbocycles. The smallest absolute Gasteiger partial charge is 0.418 e. The lowest BCUT2D eigenvalue weighted by molar-refractivity contribution is -0.137. The molecule has 0 unspecified atom stereocenters. The highest BCUT2D eigenvalue weighted by Gasteiger charge is 2.33. The summed E-state index contributed by atoms with van der Waals surface area (Å²) in [6, 6.07) is 7.22. The van der Waals surface area contributed by atoms with Gasteiger partial charge < -0.3 is 10.8 Å². The number of azo groups is 1. The van der Waals surface area contributed by atoms with Crippen molar-refractivity contribution in [1.82, 2.24) is 0 Å². The van der Waals surface area contributed by atoms with Crippen LogP contribution in [0.2, 0.25) is 5.02 Å². The van der Waals surface area contributed by atoms with Gasteiger partial charge in [-0.05, 0) is 35.7 Å². The third-order valence-corrected chi connectivity index (χ3v) is 4.96. The van der Waals surface area contributed by atoms with Crippen molar-refractivity contribution in [3.63, 3.8) is 0 Å². The number of alkyl halides is 3. The zero-order valence-electron chi connectivity index (χ0n) is 14.1. The minimum absolute atomic E-state index is 0.00140. The van der Waals surface area contributed by atoms with Gasteiger partial charge in [-0.3, -0.25) is 4.55 Å². The Bertz CT molecular complexity index is 1260. The average molecular weight is 446 g/mol. The predicted octanol–water partition coefficient (Wildman–Crippen LogP) is 5.46. The van der Waals surface area contributed by atoms with Crippen LogP contribution in [0.1, 0.15) is 5.56 Å². The Kier molecular flexibility index (Phi) is 5.15. The number of benzene rings is 3. The lowest BCUT2D eigenvalue weighted by Gasteiger charge is -2.11. The molecule has 12 heteroatoms.